The Morgan fingerprint density at radius 3 is 2.65 bits per heavy atom. The summed E-state index contributed by atoms with van der Waals surface area (Å²) in [4.78, 5) is 15.8. The van der Waals surface area contributed by atoms with E-state index in [-0.39, 0.29) is 18.7 Å². The van der Waals surface area contributed by atoms with Gasteiger partial charge in [0.05, 0.1) is 12.2 Å². The Morgan fingerprint density at radius 2 is 2.00 bits per heavy atom. The van der Waals surface area contributed by atoms with Gasteiger partial charge in [-0.05, 0) is 49.1 Å². The highest BCUT2D eigenvalue weighted by Gasteiger charge is 2.30. The average Bonchev–Trinajstić information content (AvgIpc) is 2.49. The Labute approximate surface area is 132 Å². The van der Waals surface area contributed by atoms with Crippen LogP contribution in [0.25, 0.3) is 0 Å². The molecule has 0 unspecified atom stereocenters. The zero-order valence-corrected chi connectivity index (χ0v) is 12.8. The van der Waals surface area contributed by atoms with Crippen LogP contribution in [0.4, 0.5) is 13.2 Å². The second kappa shape index (κ2) is 6.81. The quantitative estimate of drug-likeness (QED) is 0.793. The summed E-state index contributed by atoms with van der Waals surface area (Å²) in [6.07, 6.45) is -2.63. The molecule has 0 amide bonds. The van der Waals surface area contributed by atoms with E-state index >= 15 is 0 Å². The Morgan fingerprint density at radius 1 is 1.26 bits per heavy atom. The van der Waals surface area contributed by atoms with E-state index in [1.165, 1.54) is 12.3 Å². The topological polar surface area (TPSA) is 39.2 Å². The average molecular weight is 323 g/mol. The minimum absolute atomic E-state index is 0.191. The maximum Gasteiger partial charge on any atom is 0.416 e. The van der Waals surface area contributed by atoms with Crippen molar-refractivity contribution in [3.05, 3.63) is 64.5 Å². The van der Waals surface area contributed by atoms with Gasteiger partial charge in [0.25, 0.3) is 0 Å². The molecule has 0 N–H and O–H groups in total. The van der Waals surface area contributed by atoms with Crippen molar-refractivity contribution in [3.63, 3.8) is 0 Å². The van der Waals surface area contributed by atoms with Crippen LogP contribution in [-0.2, 0) is 17.3 Å². The highest BCUT2D eigenvalue weighted by atomic mass is 19.4. The minimum atomic E-state index is -4.38. The van der Waals surface area contributed by atoms with Gasteiger partial charge in [0.2, 0.25) is 0 Å². The number of halogens is 3. The fraction of sp³-hybridized carbons (Fsp3) is 0.294. The summed E-state index contributed by atoms with van der Waals surface area (Å²) in [6, 6.07) is 6.84. The predicted molar refractivity (Wildman–Crippen MR) is 79.2 cm³/mol. The molecule has 2 rings (SSSR count). The van der Waals surface area contributed by atoms with Crippen LogP contribution >= 0.6 is 0 Å². The number of nitrogens with zero attached hydrogens (tertiary/aromatic N) is 1. The van der Waals surface area contributed by atoms with E-state index in [2.05, 4.69) is 4.98 Å². The van der Waals surface area contributed by atoms with Gasteiger partial charge >= 0.3 is 12.1 Å². The third-order valence-electron chi connectivity index (χ3n) is 3.43. The van der Waals surface area contributed by atoms with E-state index in [9.17, 15) is 18.0 Å². The number of rotatable bonds is 4. The summed E-state index contributed by atoms with van der Waals surface area (Å²) < 4.78 is 43.2. The Balaban J connectivity index is 2.31. The molecule has 0 saturated heterocycles. The van der Waals surface area contributed by atoms with Crippen LogP contribution in [-0.4, -0.2) is 17.6 Å². The molecule has 122 valence electrons. The monoisotopic (exact) mass is 323 g/mol. The van der Waals surface area contributed by atoms with Gasteiger partial charge in [-0.15, -0.1) is 0 Å². The summed E-state index contributed by atoms with van der Waals surface area (Å²) >= 11 is 0. The molecule has 1 heterocycles. The maximum absolute atomic E-state index is 12.8. The van der Waals surface area contributed by atoms with Gasteiger partial charge < -0.3 is 4.74 Å². The SMILES string of the molecule is CCOC(=O)c1nccc(Cc2cccc(C(F)(F)F)c2)c1C. The molecule has 0 spiro atoms. The van der Waals surface area contributed by atoms with Crippen molar-refractivity contribution in [2.75, 3.05) is 6.61 Å². The zero-order valence-electron chi connectivity index (χ0n) is 12.8. The molecule has 6 heteroatoms. The molecule has 1 aromatic carbocycles. The number of ether oxygens (including phenoxy) is 1. The number of esters is 1. The first-order chi connectivity index (χ1) is 10.8. The summed E-state index contributed by atoms with van der Waals surface area (Å²) in [5.41, 5.74) is 1.37. The zero-order chi connectivity index (χ0) is 17.0. The van der Waals surface area contributed by atoms with Crippen LogP contribution in [0.2, 0.25) is 0 Å². The second-order valence-corrected chi connectivity index (χ2v) is 5.04. The van der Waals surface area contributed by atoms with Crippen LogP contribution in [0.5, 0.6) is 0 Å². The lowest BCUT2D eigenvalue weighted by Gasteiger charge is -2.11. The second-order valence-electron chi connectivity index (χ2n) is 5.04. The van der Waals surface area contributed by atoms with Gasteiger partial charge in [0.15, 0.2) is 5.69 Å². The van der Waals surface area contributed by atoms with Gasteiger partial charge in [-0.3, -0.25) is 0 Å². The van der Waals surface area contributed by atoms with Gasteiger partial charge in [0.1, 0.15) is 0 Å². The molecular formula is C17H16F3NO2. The van der Waals surface area contributed by atoms with Crippen LogP contribution in [0.15, 0.2) is 36.5 Å². The molecule has 0 radical (unpaired) electrons. The third kappa shape index (κ3) is 4.09. The highest BCUT2D eigenvalue weighted by molar-refractivity contribution is 5.89. The number of hydrogen-bond donors (Lipinski definition) is 0. The van der Waals surface area contributed by atoms with Crippen LogP contribution in [0, 0.1) is 6.92 Å². The van der Waals surface area contributed by atoms with E-state index in [1.54, 1.807) is 26.0 Å². The summed E-state index contributed by atoms with van der Waals surface area (Å²) in [5, 5.41) is 0. The lowest BCUT2D eigenvalue weighted by Crippen LogP contribution is -2.11. The molecule has 23 heavy (non-hydrogen) atoms. The van der Waals surface area contributed by atoms with Crippen LogP contribution in [0.3, 0.4) is 0 Å². The molecule has 0 aliphatic carbocycles. The Kier molecular flexibility index (Phi) is 5.03. The van der Waals surface area contributed by atoms with E-state index in [4.69, 9.17) is 4.74 Å². The third-order valence-corrected chi connectivity index (χ3v) is 3.43. The molecule has 1 aromatic heterocycles. The molecule has 0 aliphatic heterocycles. The van der Waals surface area contributed by atoms with Gasteiger partial charge in [-0.2, -0.15) is 13.2 Å². The molecule has 0 saturated carbocycles. The van der Waals surface area contributed by atoms with Crippen molar-refractivity contribution in [2.24, 2.45) is 0 Å². The Bertz CT molecular complexity index is 711. The van der Waals surface area contributed by atoms with Crippen LogP contribution < -0.4 is 0 Å². The summed E-state index contributed by atoms with van der Waals surface area (Å²) in [7, 11) is 0. The predicted octanol–water partition coefficient (Wildman–Crippen LogP) is 4.18. The fourth-order valence-electron chi connectivity index (χ4n) is 2.25. The van der Waals surface area contributed by atoms with Crippen molar-refractivity contribution in [1.29, 1.82) is 0 Å². The number of hydrogen-bond acceptors (Lipinski definition) is 3. The first-order valence-electron chi connectivity index (χ1n) is 7.10. The number of benzene rings is 1. The van der Waals surface area contributed by atoms with Crippen molar-refractivity contribution < 1.29 is 22.7 Å². The van der Waals surface area contributed by atoms with E-state index in [0.29, 0.717) is 11.1 Å². The summed E-state index contributed by atoms with van der Waals surface area (Å²) in [6.45, 7) is 3.64. The van der Waals surface area contributed by atoms with Crippen molar-refractivity contribution >= 4 is 5.97 Å². The smallest absolute Gasteiger partial charge is 0.416 e. The highest BCUT2D eigenvalue weighted by Crippen LogP contribution is 2.30. The standard InChI is InChI=1S/C17H16F3NO2/c1-3-23-16(22)15-11(2)13(7-8-21-15)9-12-5-4-6-14(10-12)17(18,19)20/h4-8,10H,3,9H2,1-2H3. The molecule has 3 nitrogen and oxygen atoms in total. The lowest BCUT2D eigenvalue weighted by atomic mass is 9.99. The largest absolute Gasteiger partial charge is 0.461 e. The number of aromatic nitrogens is 1. The minimum Gasteiger partial charge on any atom is -0.461 e. The summed E-state index contributed by atoms with van der Waals surface area (Å²) in [5.74, 6) is -0.532. The van der Waals surface area contributed by atoms with Gasteiger partial charge in [-0.1, -0.05) is 18.2 Å². The first-order valence-corrected chi connectivity index (χ1v) is 7.10. The van der Waals surface area contributed by atoms with Gasteiger partial charge in [-0.25, -0.2) is 9.78 Å². The first kappa shape index (κ1) is 17.0. The molecule has 0 aliphatic rings. The maximum atomic E-state index is 12.8. The lowest BCUT2D eigenvalue weighted by molar-refractivity contribution is -0.137. The van der Waals surface area contributed by atoms with E-state index in [1.807, 2.05) is 0 Å². The molecule has 0 bridgehead atoms. The van der Waals surface area contributed by atoms with Gasteiger partial charge in [0, 0.05) is 6.20 Å². The number of alkyl halides is 3. The number of pyridine rings is 1. The van der Waals surface area contributed by atoms with Crippen LogP contribution in [0.1, 0.15) is 39.7 Å². The number of carbonyl (C=O) groups excluding carboxylic acids is 1. The molecular weight excluding hydrogens is 307 g/mol. The molecule has 0 fully saturated rings. The van der Waals surface area contributed by atoms with E-state index in [0.717, 1.165) is 17.7 Å². The van der Waals surface area contributed by atoms with Crippen molar-refractivity contribution in [3.8, 4) is 0 Å². The Hall–Kier alpha value is -2.37. The molecule has 2 aromatic rings. The fourth-order valence-corrected chi connectivity index (χ4v) is 2.25. The number of carbonyl (C=O) groups is 1. The normalized spacial score (nSPS) is 11.3. The van der Waals surface area contributed by atoms with E-state index < -0.39 is 17.7 Å². The van der Waals surface area contributed by atoms with Crippen molar-refractivity contribution in [2.45, 2.75) is 26.4 Å². The van der Waals surface area contributed by atoms with Crippen molar-refractivity contribution in [1.82, 2.24) is 4.98 Å². The molecule has 0 atom stereocenters.